The first-order chi connectivity index (χ1) is 8.27. The van der Waals surface area contributed by atoms with Crippen molar-refractivity contribution in [2.24, 2.45) is 0 Å². The molecule has 0 spiro atoms. The Morgan fingerprint density at radius 2 is 2.12 bits per heavy atom. The van der Waals surface area contributed by atoms with Crippen LogP contribution in [0.2, 0.25) is 0 Å². The predicted octanol–water partition coefficient (Wildman–Crippen LogP) is 2.95. The molecule has 1 aromatic carbocycles. The molecule has 0 radical (unpaired) electrons. The van der Waals surface area contributed by atoms with Crippen LogP contribution in [-0.2, 0) is 0 Å². The zero-order chi connectivity index (χ0) is 11.8. The van der Waals surface area contributed by atoms with Crippen LogP contribution in [-0.4, -0.2) is 15.3 Å². The lowest BCUT2D eigenvalue weighted by atomic mass is 10.1. The average molecular weight is 226 g/mol. The molecule has 1 saturated carbocycles. The third-order valence-electron chi connectivity index (χ3n) is 3.15. The predicted molar refractivity (Wildman–Crippen MR) is 65.5 cm³/mol. The summed E-state index contributed by atoms with van der Waals surface area (Å²) in [5, 5.41) is 0. The van der Waals surface area contributed by atoms with Crippen LogP contribution < -0.4 is 0 Å². The van der Waals surface area contributed by atoms with Gasteiger partial charge in [-0.3, -0.25) is 4.79 Å². The maximum absolute atomic E-state index is 11.6. The second-order valence-electron chi connectivity index (χ2n) is 4.50. The lowest BCUT2D eigenvalue weighted by molar-refractivity contribution is 0.101. The lowest BCUT2D eigenvalue weighted by Gasteiger charge is -2.10. The van der Waals surface area contributed by atoms with E-state index in [4.69, 9.17) is 0 Å². The number of Topliss-reactive ketones (excluding diaryl/α,β-unsaturated/α-hetero) is 1. The molecule has 1 aliphatic carbocycles. The summed E-state index contributed by atoms with van der Waals surface area (Å²) < 4.78 is 2.05. The Balaban J connectivity index is 2.14. The fourth-order valence-electron chi connectivity index (χ4n) is 2.14. The third-order valence-corrected chi connectivity index (χ3v) is 3.15. The molecule has 0 unspecified atom stereocenters. The average Bonchev–Trinajstić information content (AvgIpc) is 3.07. The standard InChI is InChI=1S/C14H14N2O/c1-10(17)12-4-2-3-5-13(12)16-9-8-15-14(16)11-6-7-11/h2-5,8-9,11H,6-7H2,1H3. The van der Waals surface area contributed by atoms with Crippen LogP contribution in [0.25, 0.3) is 5.69 Å². The summed E-state index contributed by atoms with van der Waals surface area (Å²) in [4.78, 5) is 16.0. The van der Waals surface area contributed by atoms with Crippen molar-refractivity contribution in [3.8, 4) is 5.69 Å². The van der Waals surface area contributed by atoms with E-state index in [0.29, 0.717) is 5.92 Å². The van der Waals surface area contributed by atoms with Crippen LogP contribution in [0.15, 0.2) is 36.7 Å². The zero-order valence-electron chi connectivity index (χ0n) is 9.76. The third kappa shape index (κ3) is 1.78. The first-order valence-electron chi connectivity index (χ1n) is 5.91. The Hall–Kier alpha value is -1.90. The van der Waals surface area contributed by atoms with Gasteiger partial charge in [0.05, 0.1) is 5.69 Å². The van der Waals surface area contributed by atoms with Crippen molar-refractivity contribution in [2.75, 3.05) is 0 Å². The second kappa shape index (κ2) is 3.84. The summed E-state index contributed by atoms with van der Waals surface area (Å²) in [7, 11) is 0. The van der Waals surface area contributed by atoms with Crippen molar-refractivity contribution < 1.29 is 4.79 Å². The minimum absolute atomic E-state index is 0.0936. The number of imidazole rings is 1. The molecule has 86 valence electrons. The highest BCUT2D eigenvalue weighted by Gasteiger charge is 2.28. The molecule has 2 aromatic rings. The highest BCUT2D eigenvalue weighted by Crippen LogP contribution is 2.40. The number of hydrogen-bond donors (Lipinski definition) is 0. The topological polar surface area (TPSA) is 34.9 Å². The largest absolute Gasteiger partial charge is 0.303 e. The summed E-state index contributed by atoms with van der Waals surface area (Å²) in [5.74, 6) is 1.75. The molecule has 0 N–H and O–H groups in total. The molecule has 3 nitrogen and oxygen atoms in total. The van der Waals surface area contributed by atoms with Gasteiger partial charge in [-0.15, -0.1) is 0 Å². The molecule has 1 aromatic heterocycles. The monoisotopic (exact) mass is 226 g/mol. The van der Waals surface area contributed by atoms with E-state index in [1.54, 1.807) is 6.92 Å². The van der Waals surface area contributed by atoms with Crippen molar-refractivity contribution >= 4 is 5.78 Å². The van der Waals surface area contributed by atoms with E-state index in [1.807, 2.05) is 36.7 Å². The molecule has 1 fully saturated rings. The number of para-hydroxylation sites is 1. The maximum Gasteiger partial charge on any atom is 0.161 e. The van der Waals surface area contributed by atoms with Crippen molar-refractivity contribution in [3.63, 3.8) is 0 Å². The van der Waals surface area contributed by atoms with Crippen LogP contribution in [0.5, 0.6) is 0 Å². The van der Waals surface area contributed by atoms with Gasteiger partial charge in [-0.2, -0.15) is 0 Å². The zero-order valence-corrected chi connectivity index (χ0v) is 9.76. The van der Waals surface area contributed by atoms with Gasteiger partial charge in [-0.25, -0.2) is 4.98 Å². The van der Waals surface area contributed by atoms with E-state index in [-0.39, 0.29) is 5.78 Å². The van der Waals surface area contributed by atoms with E-state index >= 15 is 0 Å². The summed E-state index contributed by atoms with van der Waals surface area (Å²) in [6.07, 6.45) is 6.17. The Morgan fingerprint density at radius 3 is 2.82 bits per heavy atom. The molecule has 0 bridgehead atoms. The molecule has 0 saturated heterocycles. The molecular weight excluding hydrogens is 212 g/mol. The maximum atomic E-state index is 11.6. The molecule has 0 amide bonds. The number of carbonyl (C=O) groups excluding carboxylic acids is 1. The molecule has 17 heavy (non-hydrogen) atoms. The SMILES string of the molecule is CC(=O)c1ccccc1-n1ccnc1C1CC1. The van der Waals surface area contributed by atoms with Crippen LogP contribution in [0.3, 0.4) is 0 Å². The summed E-state index contributed by atoms with van der Waals surface area (Å²) in [6.45, 7) is 1.60. The number of ketones is 1. The van der Waals surface area contributed by atoms with Gasteiger partial charge in [0.2, 0.25) is 0 Å². The molecule has 0 atom stereocenters. The van der Waals surface area contributed by atoms with Crippen molar-refractivity contribution in [2.45, 2.75) is 25.7 Å². The quantitative estimate of drug-likeness (QED) is 0.754. The summed E-state index contributed by atoms with van der Waals surface area (Å²) in [5.41, 5.74) is 1.70. The van der Waals surface area contributed by atoms with E-state index in [1.165, 1.54) is 12.8 Å². The number of aromatic nitrogens is 2. The minimum atomic E-state index is 0.0936. The number of carbonyl (C=O) groups is 1. The fourth-order valence-corrected chi connectivity index (χ4v) is 2.14. The lowest BCUT2D eigenvalue weighted by Crippen LogP contribution is -2.05. The van der Waals surface area contributed by atoms with Gasteiger partial charge in [-0.1, -0.05) is 12.1 Å². The molecule has 1 heterocycles. The van der Waals surface area contributed by atoms with E-state index < -0.39 is 0 Å². The van der Waals surface area contributed by atoms with E-state index in [0.717, 1.165) is 17.1 Å². The van der Waals surface area contributed by atoms with Gasteiger partial charge in [0.15, 0.2) is 5.78 Å². The Kier molecular flexibility index (Phi) is 2.32. The Morgan fingerprint density at radius 1 is 1.35 bits per heavy atom. The summed E-state index contributed by atoms with van der Waals surface area (Å²) >= 11 is 0. The van der Waals surface area contributed by atoms with Gasteiger partial charge >= 0.3 is 0 Å². The molecule has 3 rings (SSSR count). The minimum Gasteiger partial charge on any atom is -0.303 e. The molecular formula is C14H14N2O. The van der Waals surface area contributed by atoms with Gasteiger partial charge < -0.3 is 4.57 Å². The molecule has 0 aliphatic heterocycles. The summed E-state index contributed by atoms with van der Waals surface area (Å²) in [6, 6.07) is 7.70. The first kappa shape index (κ1) is 10.3. The van der Waals surface area contributed by atoms with Crippen LogP contribution in [0.1, 0.15) is 41.9 Å². The van der Waals surface area contributed by atoms with Crippen molar-refractivity contribution in [1.82, 2.24) is 9.55 Å². The van der Waals surface area contributed by atoms with Gasteiger partial charge in [0, 0.05) is 23.9 Å². The number of benzene rings is 1. The van der Waals surface area contributed by atoms with Crippen molar-refractivity contribution in [3.05, 3.63) is 48.0 Å². The Bertz CT molecular complexity index is 567. The second-order valence-corrected chi connectivity index (χ2v) is 4.50. The number of hydrogen-bond acceptors (Lipinski definition) is 2. The highest BCUT2D eigenvalue weighted by atomic mass is 16.1. The first-order valence-corrected chi connectivity index (χ1v) is 5.91. The highest BCUT2D eigenvalue weighted by molar-refractivity contribution is 5.97. The molecule has 1 aliphatic rings. The fraction of sp³-hybridized carbons (Fsp3) is 0.286. The van der Waals surface area contributed by atoms with E-state index in [9.17, 15) is 4.79 Å². The Labute approximate surface area is 100 Å². The van der Waals surface area contributed by atoms with Gasteiger partial charge in [0.25, 0.3) is 0 Å². The van der Waals surface area contributed by atoms with Crippen molar-refractivity contribution in [1.29, 1.82) is 0 Å². The van der Waals surface area contributed by atoms with Crippen LogP contribution in [0, 0.1) is 0 Å². The van der Waals surface area contributed by atoms with Gasteiger partial charge in [0.1, 0.15) is 5.82 Å². The van der Waals surface area contributed by atoms with E-state index in [2.05, 4.69) is 9.55 Å². The van der Waals surface area contributed by atoms with Crippen LogP contribution in [0.4, 0.5) is 0 Å². The normalized spacial score (nSPS) is 14.9. The number of nitrogens with zero attached hydrogens (tertiary/aromatic N) is 2. The number of rotatable bonds is 3. The smallest absolute Gasteiger partial charge is 0.161 e. The van der Waals surface area contributed by atoms with Crippen LogP contribution >= 0.6 is 0 Å². The van der Waals surface area contributed by atoms with Gasteiger partial charge in [-0.05, 0) is 31.9 Å². The molecule has 3 heteroatoms.